The third-order valence-corrected chi connectivity index (χ3v) is 3.33. The molecule has 0 bridgehead atoms. The van der Waals surface area contributed by atoms with Crippen LogP contribution in [0.15, 0.2) is 0 Å². The maximum Gasteiger partial charge on any atom is 0.247 e. The van der Waals surface area contributed by atoms with E-state index in [1.54, 1.807) is 0 Å². The number of halogens is 2. The Kier molecular flexibility index (Phi) is 5.75. The Morgan fingerprint density at radius 3 is 1.60 bits per heavy atom. The molecule has 0 aliphatic carbocycles. The van der Waals surface area contributed by atoms with Gasteiger partial charge in [-0.3, -0.25) is 0 Å². The lowest BCUT2D eigenvalue weighted by atomic mass is 9.42. The minimum absolute atomic E-state index is 0.238. The molecule has 0 aromatic carbocycles. The fourth-order valence-electron chi connectivity index (χ4n) is 0.970. The summed E-state index contributed by atoms with van der Waals surface area (Å²) in [6, 6.07) is 0. The molecule has 4 heteroatoms. The van der Waals surface area contributed by atoms with Crippen molar-refractivity contribution in [2.75, 3.05) is 0 Å². The van der Waals surface area contributed by atoms with Crippen LogP contribution >= 0.6 is 22.9 Å². The van der Waals surface area contributed by atoms with Gasteiger partial charge >= 0.3 is 0 Å². The first-order chi connectivity index (χ1) is 4.63. The molecule has 0 unspecified atom stereocenters. The summed E-state index contributed by atoms with van der Waals surface area (Å²) in [5.41, 5.74) is 0.429. The summed E-state index contributed by atoms with van der Waals surface area (Å²) in [4.78, 5) is 0. The van der Waals surface area contributed by atoms with Gasteiger partial charge in [0.2, 0.25) is 12.3 Å². The SMILES string of the molecule is CCB(Cl)C(C)B(Cl)CC. The van der Waals surface area contributed by atoms with Crippen molar-refractivity contribution >= 4 is 35.2 Å². The fourth-order valence-corrected chi connectivity index (χ4v) is 1.40. The summed E-state index contributed by atoms with van der Waals surface area (Å²) in [6.45, 7) is 6.29. The Labute approximate surface area is 74.6 Å². The largest absolute Gasteiger partial charge is 0.247 e. The van der Waals surface area contributed by atoms with Gasteiger partial charge in [0.1, 0.15) is 0 Å². The van der Waals surface area contributed by atoms with Gasteiger partial charge in [-0.15, -0.1) is 0 Å². The average molecular weight is 179 g/mol. The Morgan fingerprint density at radius 1 is 1.10 bits per heavy atom. The first kappa shape index (κ1) is 10.7. The summed E-state index contributed by atoms with van der Waals surface area (Å²) in [5, 5.41) is 0. The second kappa shape index (κ2) is 5.37. The van der Waals surface area contributed by atoms with Gasteiger partial charge in [-0.25, -0.2) is 0 Å². The third kappa shape index (κ3) is 3.20. The molecule has 0 atom stereocenters. The minimum Gasteiger partial charge on any atom is -0.196 e. The smallest absolute Gasteiger partial charge is 0.196 e. The highest BCUT2D eigenvalue weighted by atomic mass is 35.5. The van der Waals surface area contributed by atoms with Crippen LogP contribution in [0.5, 0.6) is 0 Å². The van der Waals surface area contributed by atoms with Gasteiger partial charge in [0.15, 0.2) is 0 Å². The van der Waals surface area contributed by atoms with Gasteiger partial charge in [0.05, 0.1) is 0 Å². The van der Waals surface area contributed by atoms with Gasteiger partial charge in [0, 0.05) is 0 Å². The fraction of sp³-hybridized carbons (Fsp3) is 1.00. The van der Waals surface area contributed by atoms with E-state index in [1.807, 2.05) is 0 Å². The molecule has 0 amide bonds. The van der Waals surface area contributed by atoms with Crippen LogP contribution in [0.3, 0.4) is 0 Å². The van der Waals surface area contributed by atoms with Crippen molar-refractivity contribution in [1.29, 1.82) is 0 Å². The zero-order valence-electron chi connectivity index (χ0n) is 6.90. The van der Waals surface area contributed by atoms with Crippen LogP contribution in [0.25, 0.3) is 0 Å². The molecule has 0 radical (unpaired) electrons. The molecule has 0 spiro atoms. The van der Waals surface area contributed by atoms with Crippen molar-refractivity contribution in [3.05, 3.63) is 0 Å². The summed E-state index contributed by atoms with van der Waals surface area (Å²) < 4.78 is 0. The highest BCUT2D eigenvalue weighted by Crippen LogP contribution is 2.23. The van der Waals surface area contributed by atoms with Crippen molar-refractivity contribution < 1.29 is 0 Å². The van der Waals surface area contributed by atoms with Crippen LogP contribution < -0.4 is 0 Å². The molecular formula is C6H14B2Cl2. The standard InChI is InChI=1S/C6H14B2Cl2/c1-4-7(9)6(3)8(10)5-2/h6H,4-5H2,1-3H3. The number of hydrogen-bond acceptors (Lipinski definition) is 0. The quantitative estimate of drug-likeness (QED) is 0.579. The summed E-state index contributed by atoms with van der Waals surface area (Å²) in [5.74, 6) is 0. The predicted molar refractivity (Wildman–Crippen MR) is 53.6 cm³/mol. The first-order valence-corrected chi connectivity index (χ1v) is 4.78. The molecule has 0 aliphatic rings. The predicted octanol–water partition coefficient (Wildman–Crippen LogP) is 3.42. The van der Waals surface area contributed by atoms with E-state index >= 15 is 0 Å². The number of rotatable bonds is 4. The lowest BCUT2D eigenvalue weighted by molar-refractivity contribution is 1.22. The zero-order valence-corrected chi connectivity index (χ0v) is 8.41. The van der Waals surface area contributed by atoms with E-state index in [4.69, 9.17) is 22.9 Å². The van der Waals surface area contributed by atoms with Crippen LogP contribution in [0, 0.1) is 0 Å². The van der Waals surface area contributed by atoms with E-state index in [-0.39, 0.29) is 12.3 Å². The average Bonchev–Trinajstić information content (AvgIpc) is 2.00. The third-order valence-electron chi connectivity index (χ3n) is 1.92. The number of hydrogen-bond donors (Lipinski definition) is 0. The molecule has 0 fully saturated rings. The van der Waals surface area contributed by atoms with Crippen LogP contribution in [0.2, 0.25) is 18.4 Å². The summed E-state index contributed by atoms with van der Waals surface area (Å²) in [6.07, 6.45) is 2.49. The topological polar surface area (TPSA) is 0 Å². The molecule has 0 saturated heterocycles. The highest BCUT2D eigenvalue weighted by Gasteiger charge is 2.26. The van der Waals surface area contributed by atoms with E-state index in [1.165, 1.54) is 0 Å². The minimum atomic E-state index is 0.238. The Morgan fingerprint density at radius 2 is 1.40 bits per heavy atom. The zero-order chi connectivity index (χ0) is 8.15. The lowest BCUT2D eigenvalue weighted by Crippen LogP contribution is -2.22. The molecule has 0 aromatic rings. The maximum absolute atomic E-state index is 6.00. The van der Waals surface area contributed by atoms with Crippen molar-refractivity contribution in [2.45, 2.75) is 39.1 Å². The van der Waals surface area contributed by atoms with E-state index < -0.39 is 0 Å². The van der Waals surface area contributed by atoms with E-state index in [2.05, 4.69) is 20.8 Å². The van der Waals surface area contributed by atoms with Crippen LogP contribution in [0.1, 0.15) is 20.8 Å². The Bertz CT molecular complexity index is 79.8. The molecule has 0 aromatic heterocycles. The molecule has 0 N–H and O–H groups in total. The van der Waals surface area contributed by atoms with Crippen LogP contribution in [-0.4, -0.2) is 12.3 Å². The summed E-state index contributed by atoms with van der Waals surface area (Å²) >= 11 is 12.0. The molecular weight excluding hydrogens is 165 g/mol. The molecule has 0 saturated carbocycles. The molecule has 0 nitrogen and oxygen atoms in total. The Balaban J connectivity index is 3.69. The van der Waals surface area contributed by atoms with Gasteiger partial charge in [-0.2, -0.15) is 22.9 Å². The molecule has 58 valence electrons. The van der Waals surface area contributed by atoms with Crippen molar-refractivity contribution in [2.24, 2.45) is 0 Å². The van der Waals surface area contributed by atoms with Crippen molar-refractivity contribution in [1.82, 2.24) is 0 Å². The van der Waals surface area contributed by atoms with Crippen LogP contribution in [0.4, 0.5) is 0 Å². The van der Waals surface area contributed by atoms with Crippen molar-refractivity contribution in [3.8, 4) is 0 Å². The summed E-state index contributed by atoms with van der Waals surface area (Å²) in [7, 11) is 0. The van der Waals surface area contributed by atoms with Crippen molar-refractivity contribution in [3.63, 3.8) is 0 Å². The molecule has 0 rings (SSSR count). The molecule has 0 heterocycles. The van der Waals surface area contributed by atoms with Gasteiger partial charge in [-0.05, 0) is 0 Å². The lowest BCUT2D eigenvalue weighted by Gasteiger charge is -2.14. The van der Waals surface area contributed by atoms with E-state index in [0.29, 0.717) is 5.72 Å². The van der Waals surface area contributed by atoms with Gasteiger partial charge < -0.3 is 0 Å². The van der Waals surface area contributed by atoms with E-state index in [0.717, 1.165) is 12.6 Å². The Hall–Kier alpha value is 0.710. The van der Waals surface area contributed by atoms with Gasteiger partial charge in [-0.1, -0.05) is 39.1 Å². The second-order valence-electron chi connectivity index (χ2n) is 2.71. The van der Waals surface area contributed by atoms with Gasteiger partial charge in [0.25, 0.3) is 0 Å². The maximum atomic E-state index is 6.00. The molecule has 0 aliphatic heterocycles. The normalized spacial score (nSPS) is 10.2. The first-order valence-electron chi connectivity index (χ1n) is 3.91. The van der Waals surface area contributed by atoms with Crippen LogP contribution in [-0.2, 0) is 0 Å². The molecule has 10 heavy (non-hydrogen) atoms. The second-order valence-corrected chi connectivity index (χ2v) is 3.83. The monoisotopic (exact) mass is 178 g/mol. The highest BCUT2D eigenvalue weighted by molar-refractivity contribution is 7.20. The van der Waals surface area contributed by atoms with E-state index in [9.17, 15) is 0 Å².